The number of aromatic nitrogens is 2. The molecule has 0 saturated carbocycles. The summed E-state index contributed by atoms with van der Waals surface area (Å²) in [6.07, 6.45) is 1.61. The topological polar surface area (TPSA) is 64.1 Å². The molecule has 2 heterocycles. The van der Waals surface area contributed by atoms with Crippen LogP contribution < -0.4 is 5.32 Å². The Morgan fingerprint density at radius 1 is 1.40 bits per heavy atom. The van der Waals surface area contributed by atoms with Gasteiger partial charge >= 0.3 is 0 Å². The van der Waals surface area contributed by atoms with Crippen LogP contribution in [0.25, 0.3) is 11.7 Å². The number of rotatable bonds is 4. The van der Waals surface area contributed by atoms with Crippen LogP contribution in [-0.2, 0) is 6.54 Å². The fraction of sp³-hybridized carbons (Fsp3) is 0.400. The highest BCUT2D eigenvalue weighted by molar-refractivity contribution is 5.49. The van der Waals surface area contributed by atoms with E-state index in [-0.39, 0.29) is 0 Å². The number of nitrogens with one attached hydrogen (secondary N) is 1. The first-order chi connectivity index (χ1) is 7.31. The van der Waals surface area contributed by atoms with E-state index in [1.165, 1.54) is 0 Å². The lowest BCUT2D eigenvalue weighted by Crippen LogP contribution is -2.11. The molecule has 80 valence electrons. The molecule has 0 unspecified atom stereocenters. The van der Waals surface area contributed by atoms with Crippen molar-refractivity contribution >= 4 is 0 Å². The van der Waals surface area contributed by atoms with Gasteiger partial charge in [0.15, 0.2) is 5.76 Å². The maximum atomic E-state index is 5.43. The van der Waals surface area contributed by atoms with Crippen molar-refractivity contribution in [2.24, 2.45) is 0 Å². The van der Waals surface area contributed by atoms with E-state index in [9.17, 15) is 0 Å². The first kappa shape index (κ1) is 9.92. The smallest absolute Gasteiger partial charge is 0.283 e. The molecule has 0 aliphatic carbocycles. The summed E-state index contributed by atoms with van der Waals surface area (Å²) in [5, 5.41) is 10.9. The third-order valence-electron chi connectivity index (χ3n) is 2.05. The molecule has 0 atom stereocenters. The molecule has 2 aromatic rings. The van der Waals surface area contributed by atoms with Crippen molar-refractivity contribution in [1.82, 2.24) is 15.5 Å². The van der Waals surface area contributed by atoms with Crippen LogP contribution in [-0.4, -0.2) is 16.7 Å². The zero-order chi connectivity index (χ0) is 10.7. The number of hydrogen-bond acceptors (Lipinski definition) is 5. The van der Waals surface area contributed by atoms with Gasteiger partial charge in [-0.15, -0.1) is 10.2 Å². The van der Waals surface area contributed by atoms with E-state index in [1.54, 1.807) is 6.26 Å². The zero-order valence-corrected chi connectivity index (χ0v) is 8.78. The summed E-state index contributed by atoms with van der Waals surface area (Å²) >= 11 is 0. The Balaban J connectivity index is 2.17. The van der Waals surface area contributed by atoms with Crippen LogP contribution in [0.2, 0.25) is 0 Å². The van der Waals surface area contributed by atoms with Gasteiger partial charge in [-0.05, 0) is 19.5 Å². The molecule has 0 aromatic carbocycles. The molecule has 0 aliphatic rings. The summed E-state index contributed by atoms with van der Waals surface area (Å²) in [5.74, 6) is 1.65. The molecule has 1 N–H and O–H groups in total. The van der Waals surface area contributed by atoms with Crippen LogP contribution in [0.1, 0.15) is 18.4 Å². The monoisotopic (exact) mass is 207 g/mol. The molecule has 2 aromatic heterocycles. The van der Waals surface area contributed by atoms with Gasteiger partial charge in [-0.2, -0.15) is 0 Å². The van der Waals surface area contributed by atoms with Gasteiger partial charge in [0.05, 0.1) is 12.8 Å². The third-order valence-corrected chi connectivity index (χ3v) is 2.05. The summed E-state index contributed by atoms with van der Waals surface area (Å²) in [5.41, 5.74) is 0.994. The van der Waals surface area contributed by atoms with Gasteiger partial charge in [-0.1, -0.05) is 6.92 Å². The SMILES string of the molecule is CCNCc1nnc(-c2occc2C)o1. The second kappa shape index (κ2) is 4.27. The minimum absolute atomic E-state index is 0.436. The maximum absolute atomic E-state index is 5.43. The minimum atomic E-state index is 0.436. The van der Waals surface area contributed by atoms with E-state index in [1.807, 2.05) is 19.9 Å². The molecule has 5 nitrogen and oxygen atoms in total. The number of aryl methyl sites for hydroxylation is 1. The van der Waals surface area contributed by atoms with Crippen LogP contribution in [0.4, 0.5) is 0 Å². The van der Waals surface area contributed by atoms with Crippen LogP contribution in [0.15, 0.2) is 21.2 Å². The first-order valence-electron chi connectivity index (χ1n) is 4.89. The fourth-order valence-corrected chi connectivity index (χ4v) is 1.24. The minimum Gasteiger partial charge on any atom is -0.459 e. The third kappa shape index (κ3) is 2.07. The second-order valence-electron chi connectivity index (χ2n) is 3.21. The Kier molecular flexibility index (Phi) is 2.82. The van der Waals surface area contributed by atoms with Crippen molar-refractivity contribution in [1.29, 1.82) is 0 Å². The molecule has 15 heavy (non-hydrogen) atoms. The maximum Gasteiger partial charge on any atom is 0.283 e. The van der Waals surface area contributed by atoms with E-state index >= 15 is 0 Å². The average molecular weight is 207 g/mol. The van der Waals surface area contributed by atoms with E-state index in [0.29, 0.717) is 24.1 Å². The Bertz CT molecular complexity index is 433. The predicted molar refractivity (Wildman–Crippen MR) is 54.1 cm³/mol. The number of furan rings is 1. The van der Waals surface area contributed by atoms with E-state index in [2.05, 4.69) is 15.5 Å². The van der Waals surface area contributed by atoms with Crippen LogP contribution in [0, 0.1) is 6.92 Å². The van der Waals surface area contributed by atoms with Gasteiger partial charge in [0, 0.05) is 5.56 Å². The van der Waals surface area contributed by atoms with Crippen LogP contribution in [0.3, 0.4) is 0 Å². The molecule has 0 amide bonds. The quantitative estimate of drug-likeness (QED) is 0.827. The molecule has 0 aliphatic heterocycles. The van der Waals surface area contributed by atoms with Crippen molar-refractivity contribution < 1.29 is 8.83 Å². The highest BCUT2D eigenvalue weighted by Gasteiger charge is 2.13. The van der Waals surface area contributed by atoms with E-state index in [0.717, 1.165) is 12.1 Å². The molecule has 0 bridgehead atoms. The van der Waals surface area contributed by atoms with E-state index < -0.39 is 0 Å². The lowest BCUT2D eigenvalue weighted by atomic mass is 10.3. The van der Waals surface area contributed by atoms with Gasteiger partial charge in [-0.3, -0.25) is 0 Å². The first-order valence-corrected chi connectivity index (χ1v) is 4.89. The zero-order valence-electron chi connectivity index (χ0n) is 8.78. The standard InChI is InChI=1S/C10H13N3O2/c1-3-11-6-8-12-13-10(15-8)9-7(2)4-5-14-9/h4-5,11H,3,6H2,1-2H3. The lowest BCUT2D eigenvalue weighted by Gasteiger charge is -1.93. The Labute approximate surface area is 87.5 Å². The summed E-state index contributed by atoms with van der Waals surface area (Å²) in [7, 11) is 0. The summed E-state index contributed by atoms with van der Waals surface area (Å²) < 4.78 is 10.7. The highest BCUT2D eigenvalue weighted by Crippen LogP contribution is 2.22. The molecule has 0 fully saturated rings. The average Bonchev–Trinajstić information content (AvgIpc) is 2.83. The van der Waals surface area contributed by atoms with Gasteiger partial charge < -0.3 is 14.2 Å². The summed E-state index contributed by atoms with van der Waals surface area (Å²) in [4.78, 5) is 0. The molecule has 0 spiro atoms. The Morgan fingerprint density at radius 3 is 2.93 bits per heavy atom. The summed E-state index contributed by atoms with van der Waals surface area (Å²) in [6.45, 7) is 5.42. The molecule has 0 radical (unpaired) electrons. The number of hydrogen-bond donors (Lipinski definition) is 1. The molecule has 2 rings (SSSR count). The molecule has 5 heteroatoms. The lowest BCUT2D eigenvalue weighted by molar-refractivity contribution is 0.463. The van der Waals surface area contributed by atoms with Gasteiger partial charge in [0.25, 0.3) is 5.89 Å². The van der Waals surface area contributed by atoms with Crippen molar-refractivity contribution in [2.75, 3.05) is 6.54 Å². The number of nitrogens with zero attached hydrogens (tertiary/aromatic N) is 2. The molecular weight excluding hydrogens is 194 g/mol. The van der Waals surface area contributed by atoms with Gasteiger partial charge in [-0.25, -0.2) is 0 Å². The Hall–Kier alpha value is -1.62. The summed E-state index contributed by atoms with van der Waals surface area (Å²) in [6, 6.07) is 1.86. The van der Waals surface area contributed by atoms with Crippen LogP contribution >= 0.6 is 0 Å². The molecule has 0 saturated heterocycles. The van der Waals surface area contributed by atoms with Crippen molar-refractivity contribution in [3.63, 3.8) is 0 Å². The van der Waals surface area contributed by atoms with Crippen molar-refractivity contribution in [3.8, 4) is 11.7 Å². The largest absolute Gasteiger partial charge is 0.459 e. The Morgan fingerprint density at radius 2 is 2.27 bits per heavy atom. The predicted octanol–water partition coefficient (Wildman–Crippen LogP) is 1.75. The normalized spacial score (nSPS) is 10.8. The fourth-order valence-electron chi connectivity index (χ4n) is 1.24. The van der Waals surface area contributed by atoms with Crippen molar-refractivity contribution in [3.05, 3.63) is 23.8 Å². The highest BCUT2D eigenvalue weighted by atomic mass is 16.4. The van der Waals surface area contributed by atoms with Crippen molar-refractivity contribution in [2.45, 2.75) is 20.4 Å². The van der Waals surface area contributed by atoms with Gasteiger partial charge in [0.2, 0.25) is 5.89 Å². The van der Waals surface area contributed by atoms with E-state index in [4.69, 9.17) is 8.83 Å². The second-order valence-corrected chi connectivity index (χ2v) is 3.21. The molecular formula is C10H13N3O2. The van der Waals surface area contributed by atoms with Gasteiger partial charge in [0.1, 0.15) is 0 Å². The van der Waals surface area contributed by atoms with Crippen LogP contribution in [0.5, 0.6) is 0 Å².